The van der Waals surface area contributed by atoms with Crippen molar-refractivity contribution in [1.29, 1.82) is 0 Å². The highest BCUT2D eigenvalue weighted by Gasteiger charge is 2.44. The molecule has 0 N–H and O–H groups in total. The molecular formula is C10H17IOSi. The summed E-state index contributed by atoms with van der Waals surface area (Å²) in [4.78, 5) is 0. The maximum Gasteiger partial charge on any atom is 0.250 e. The summed E-state index contributed by atoms with van der Waals surface area (Å²) < 4.78 is 7.32. The highest BCUT2D eigenvalue weighted by Crippen LogP contribution is 2.41. The van der Waals surface area contributed by atoms with Gasteiger partial charge in [-0.15, -0.1) is 0 Å². The molecule has 1 unspecified atom stereocenters. The lowest BCUT2D eigenvalue weighted by molar-refractivity contribution is 0.399. The molecule has 13 heavy (non-hydrogen) atoms. The molecule has 1 fully saturated rings. The van der Waals surface area contributed by atoms with Crippen LogP contribution in [-0.2, 0) is 4.43 Å². The van der Waals surface area contributed by atoms with Crippen molar-refractivity contribution in [2.75, 3.05) is 4.43 Å². The third-order valence-electron chi connectivity index (χ3n) is 3.30. The van der Waals surface area contributed by atoms with Crippen LogP contribution in [0.25, 0.3) is 0 Å². The predicted octanol–water partition coefficient (Wildman–Crippen LogP) is 3.71. The molecule has 1 saturated heterocycles. The van der Waals surface area contributed by atoms with Gasteiger partial charge in [-0.05, 0) is 36.9 Å². The summed E-state index contributed by atoms with van der Waals surface area (Å²) in [7, 11) is -1.19. The average molecular weight is 308 g/mol. The van der Waals surface area contributed by atoms with Crippen molar-refractivity contribution < 1.29 is 4.43 Å². The first-order valence-electron chi connectivity index (χ1n) is 5.23. The van der Waals surface area contributed by atoms with E-state index in [1.165, 1.54) is 41.8 Å². The van der Waals surface area contributed by atoms with Crippen molar-refractivity contribution in [3.63, 3.8) is 0 Å². The van der Waals surface area contributed by atoms with Gasteiger partial charge in [0.2, 0.25) is 0 Å². The molecule has 1 spiro atoms. The van der Waals surface area contributed by atoms with Gasteiger partial charge in [0.1, 0.15) is 0 Å². The minimum absolute atomic E-state index is 0.942. The summed E-state index contributed by atoms with van der Waals surface area (Å²) in [6.45, 7) is 0. The second-order valence-electron chi connectivity index (χ2n) is 4.33. The Kier molecular flexibility index (Phi) is 3.34. The zero-order valence-corrected chi connectivity index (χ0v) is 11.1. The van der Waals surface area contributed by atoms with Crippen molar-refractivity contribution >= 4 is 30.9 Å². The smallest absolute Gasteiger partial charge is 0.250 e. The van der Waals surface area contributed by atoms with Gasteiger partial charge in [0.25, 0.3) is 8.32 Å². The quantitative estimate of drug-likeness (QED) is 0.408. The van der Waals surface area contributed by atoms with E-state index in [9.17, 15) is 0 Å². The molecule has 0 aliphatic carbocycles. The minimum atomic E-state index is -1.19. The standard InChI is InChI=1S/C10H17IOSi/c11-8-10-4-1-2-5-12-13(9-10)6-3-7-13/h2,5,10H,1,3-4,6-9H2/b5-2-. The first-order chi connectivity index (χ1) is 6.35. The topological polar surface area (TPSA) is 9.23 Å². The van der Waals surface area contributed by atoms with Crippen LogP contribution in [0.1, 0.15) is 19.3 Å². The molecule has 74 valence electrons. The molecular weight excluding hydrogens is 291 g/mol. The van der Waals surface area contributed by atoms with Crippen LogP contribution in [0.5, 0.6) is 0 Å². The van der Waals surface area contributed by atoms with Crippen LogP contribution in [0.2, 0.25) is 18.1 Å². The Morgan fingerprint density at radius 3 is 2.92 bits per heavy atom. The fourth-order valence-corrected chi connectivity index (χ4v) is 7.30. The molecule has 1 atom stereocenters. The van der Waals surface area contributed by atoms with E-state index >= 15 is 0 Å². The fraction of sp³-hybridized carbons (Fsp3) is 0.800. The molecule has 0 aromatic carbocycles. The van der Waals surface area contributed by atoms with Gasteiger partial charge in [-0.25, -0.2) is 0 Å². The molecule has 2 aliphatic rings. The van der Waals surface area contributed by atoms with Gasteiger partial charge in [0, 0.05) is 4.43 Å². The molecule has 0 bridgehead atoms. The number of halogens is 1. The normalized spacial score (nSPS) is 34.1. The van der Waals surface area contributed by atoms with Crippen LogP contribution in [-0.4, -0.2) is 12.7 Å². The average Bonchev–Trinajstić information content (AvgIpc) is 2.02. The van der Waals surface area contributed by atoms with E-state index in [4.69, 9.17) is 4.43 Å². The number of hydrogen-bond acceptors (Lipinski definition) is 1. The summed E-state index contributed by atoms with van der Waals surface area (Å²) >= 11 is 2.54. The number of hydrogen-bond donors (Lipinski definition) is 0. The predicted molar refractivity (Wildman–Crippen MR) is 66.6 cm³/mol. The monoisotopic (exact) mass is 308 g/mol. The van der Waals surface area contributed by atoms with Gasteiger partial charge in [-0.1, -0.05) is 35.1 Å². The van der Waals surface area contributed by atoms with E-state index in [0.717, 1.165) is 5.92 Å². The zero-order chi connectivity index (χ0) is 9.15. The van der Waals surface area contributed by atoms with Crippen LogP contribution >= 0.6 is 22.6 Å². The van der Waals surface area contributed by atoms with E-state index in [1.54, 1.807) is 0 Å². The Balaban J connectivity index is 2.01. The van der Waals surface area contributed by atoms with E-state index in [1.807, 2.05) is 6.26 Å². The van der Waals surface area contributed by atoms with E-state index in [-0.39, 0.29) is 0 Å². The second kappa shape index (κ2) is 4.34. The molecule has 1 nitrogen and oxygen atoms in total. The molecule has 0 aromatic heterocycles. The number of allylic oxidation sites excluding steroid dienone is 1. The summed E-state index contributed by atoms with van der Waals surface area (Å²) in [5.41, 5.74) is 0. The Morgan fingerprint density at radius 2 is 2.31 bits per heavy atom. The van der Waals surface area contributed by atoms with E-state index < -0.39 is 8.32 Å². The molecule has 0 aromatic rings. The van der Waals surface area contributed by atoms with E-state index in [2.05, 4.69) is 28.7 Å². The summed E-state index contributed by atoms with van der Waals surface area (Å²) in [6.07, 6.45) is 8.27. The molecule has 2 heterocycles. The summed E-state index contributed by atoms with van der Waals surface area (Å²) in [5.74, 6) is 0.942. The Hall–Kier alpha value is 0.487. The number of alkyl halides is 1. The fourth-order valence-electron chi connectivity index (χ4n) is 2.29. The van der Waals surface area contributed by atoms with Crippen LogP contribution in [0.15, 0.2) is 12.3 Å². The lowest BCUT2D eigenvalue weighted by Gasteiger charge is -2.40. The molecule has 2 aliphatic heterocycles. The molecule has 0 radical (unpaired) electrons. The lowest BCUT2D eigenvalue weighted by atomic mass is 10.1. The second-order valence-corrected chi connectivity index (χ2v) is 9.22. The highest BCUT2D eigenvalue weighted by molar-refractivity contribution is 14.1. The van der Waals surface area contributed by atoms with Gasteiger partial charge in [0.05, 0.1) is 6.26 Å². The Bertz CT molecular complexity index is 201. The first-order valence-corrected chi connectivity index (χ1v) is 9.29. The summed E-state index contributed by atoms with van der Waals surface area (Å²) in [5, 5.41) is 0. The van der Waals surface area contributed by atoms with Crippen molar-refractivity contribution in [2.45, 2.75) is 37.4 Å². The third-order valence-corrected chi connectivity index (χ3v) is 9.03. The SMILES string of the molecule is ICC1CC/C=C\O[Si]2(CCC2)C1. The van der Waals surface area contributed by atoms with Crippen molar-refractivity contribution in [2.24, 2.45) is 5.92 Å². The van der Waals surface area contributed by atoms with Crippen molar-refractivity contribution in [1.82, 2.24) is 0 Å². The van der Waals surface area contributed by atoms with Gasteiger partial charge >= 0.3 is 0 Å². The van der Waals surface area contributed by atoms with Crippen LogP contribution in [0.4, 0.5) is 0 Å². The van der Waals surface area contributed by atoms with Gasteiger partial charge in [-0.3, -0.25) is 0 Å². The third kappa shape index (κ3) is 2.29. The molecule has 3 heteroatoms. The molecule has 0 amide bonds. The summed E-state index contributed by atoms with van der Waals surface area (Å²) in [6, 6.07) is 4.27. The van der Waals surface area contributed by atoms with Crippen molar-refractivity contribution in [3.8, 4) is 0 Å². The van der Waals surface area contributed by atoms with Crippen LogP contribution < -0.4 is 0 Å². The number of rotatable bonds is 1. The minimum Gasteiger partial charge on any atom is -0.549 e. The highest BCUT2D eigenvalue weighted by atomic mass is 127. The Morgan fingerprint density at radius 1 is 1.46 bits per heavy atom. The largest absolute Gasteiger partial charge is 0.549 e. The maximum absolute atomic E-state index is 5.99. The van der Waals surface area contributed by atoms with E-state index in [0.29, 0.717) is 0 Å². The van der Waals surface area contributed by atoms with Gasteiger partial charge in [-0.2, -0.15) is 0 Å². The zero-order valence-electron chi connectivity index (χ0n) is 7.97. The van der Waals surface area contributed by atoms with Crippen molar-refractivity contribution in [3.05, 3.63) is 12.3 Å². The van der Waals surface area contributed by atoms with Gasteiger partial charge < -0.3 is 4.43 Å². The van der Waals surface area contributed by atoms with Gasteiger partial charge in [0.15, 0.2) is 0 Å². The molecule has 0 saturated carbocycles. The first kappa shape index (κ1) is 10.0. The Labute approximate surface area is 95.2 Å². The van der Waals surface area contributed by atoms with Crippen LogP contribution in [0, 0.1) is 5.92 Å². The lowest BCUT2D eigenvalue weighted by Crippen LogP contribution is -2.45. The molecule has 2 rings (SSSR count). The van der Waals surface area contributed by atoms with Crippen LogP contribution in [0.3, 0.4) is 0 Å². The maximum atomic E-state index is 5.99.